The fourth-order valence-corrected chi connectivity index (χ4v) is 2.70. The van der Waals surface area contributed by atoms with Crippen molar-refractivity contribution in [2.24, 2.45) is 0 Å². The number of hydrogen-bond donors (Lipinski definition) is 2. The summed E-state index contributed by atoms with van der Waals surface area (Å²) in [6.07, 6.45) is 3.74. The third-order valence-corrected chi connectivity index (χ3v) is 3.85. The molecule has 1 unspecified atom stereocenters. The Morgan fingerprint density at radius 3 is 3.00 bits per heavy atom. The molecule has 4 heteroatoms. The van der Waals surface area contributed by atoms with Gasteiger partial charge in [0.05, 0.1) is 0 Å². The van der Waals surface area contributed by atoms with E-state index in [0.717, 1.165) is 43.5 Å². The first-order valence-corrected chi connectivity index (χ1v) is 6.91. The van der Waals surface area contributed by atoms with Crippen molar-refractivity contribution in [3.63, 3.8) is 0 Å². The summed E-state index contributed by atoms with van der Waals surface area (Å²) >= 11 is 0. The molecule has 1 amide bonds. The van der Waals surface area contributed by atoms with Crippen molar-refractivity contribution in [3.8, 4) is 0 Å². The van der Waals surface area contributed by atoms with Crippen molar-refractivity contribution >= 4 is 11.6 Å². The Morgan fingerprint density at radius 2 is 2.32 bits per heavy atom. The Hall–Kier alpha value is -1.55. The lowest BCUT2D eigenvalue weighted by Crippen LogP contribution is -2.35. The number of hydrogen-bond acceptors (Lipinski definition) is 3. The summed E-state index contributed by atoms with van der Waals surface area (Å²) in [7, 11) is 0. The normalized spacial score (nSPS) is 18.8. The predicted molar refractivity (Wildman–Crippen MR) is 76.0 cm³/mol. The molecule has 1 saturated heterocycles. The van der Waals surface area contributed by atoms with E-state index in [9.17, 15) is 4.79 Å². The number of aliphatic hydroxyl groups is 1. The molecule has 3 N–H and O–H groups in total. The van der Waals surface area contributed by atoms with E-state index in [2.05, 4.69) is 0 Å². The van der Waals surface area contributed by atoms with E-state index in [1.54, 1.807) is 12.1 Å². The van der Waals surface area contributed by atoms with Crippen LogP contribution in [0.4, 0.5) is 5.69 Å². The van der Waals surface area contributed by atoms with Gasteiger partial charge in [0.15, 0.2) is 0 Å². The Bertz CT molecular complexity index is 459. The number of anilines is 1. The Morgan fingerprint density at radius 1 is 1.53 bits per heavy atom. The molecule has 1 aromatic rings. The van der Waals surface area contributed by atoms with Gasteiger partial charge in [0, 0.05) is 30.4 Å². The number of nitrogen functional groups attached to an aromatic ring is 1. The average molecular weight is 262 g/mol. The monoisotopic (exact) mass is 262 g/mol. The van der Waals surface area contributed by atoms with Crippen molar-refractivity contribution in [2.45, 2.75) is 38.6 Å². The van der Waals surface area contributed by atoms with E-state index in [4.69, 9.17) is 10.8 Å². The van der Waals surface area contributed by atoms with Crippen molar-refractivity contribution < 1.29 is 9.90 Å². The fraction of sp³-hybridized carbons (Fsp3) is 0.533. The zero-order chi connectivity index (χ0) is 13.8. The number of rotatable bonds is 4. The minimum Gasteiger partial charge on any atom is -0.399 e. The van der Waals surface area contributed by atoms with Crippen molar-refractivity contribution in [1.82, 2.24) is 4.90 Å². The van der Waals surface area contributed by atoms with Gasteiger partial charge >= 0.3 is 0 Å². The molecule has 1 aromatic carbocycles. The quantitative estimate of drug-likeness (QED) is 0.815. The number of aliphatic hydroxyl groups excluding tert-OH is 1. The summed E-state index contributed by atoms with van der Waals surface area (Å²) in [5, 5.41) is 8.92. The van der Waals surface area contributed by atoms with Crippen LogP contribution in [0.3, 0.4) is 0 Å². The molecule has 0 spiro atoms. The van der Waals surface area contributed by atoms with E-state index in [-0.39, 0.29) is 18.6 Å². The van der Waals surface area contributed by atoms with Crippen LogP contribution in [0.15, 0.2) is 18.2 Å². The van der Waals surface area contributed by atoms with Gasteiger partial charge in [-0.05, 0) is 56.4 Å². The summed E-state index contributed by atoms with van der Waals surface area (Å²) in [5.41, 5.74) is 8.15. The third-order valence-electron chi connectivity index (χ3n) is 3.85. The van der Waals surface area contributed by atoms with E-state index < -0.39 is 0 Å². The zero-order valence-corrected chi connectivity index (χ0v) is 11.4. The molecule has 1 atom stereocenters. The number of nitrogens with two attached hydrogens (primary N) is 1. The highest BCUT2D eigenvalue weighted by Gasteiger charge is 2.28. The van der Waals surface area contributed by atoms with Gasteiger partial charge in [0.1, 0.15) is 0 Å². The summed E-state index contributed by atoms with van der Waals surface area (Å²) in [6.45, 7) is 2.93. The smallest absolute Gasteiger partial charge is 0.254 e. The van der Waals surface area contributed by atoms with E-state index in [1.165, 1.54) is 0 Å². The van der Waals surface area contributed by atoms with Gasteiger partial charge in [-0.3, -0.25) is 4.79 Å². The standard InChI is InChI=1S/C15H22N2O2/c1-11-10-12(6-7-14(11)16)15(19)17-8-2-4-13(17)5-3-9-18/h6-7,10,13,18H,2-5,8-9,16H2,1H3. The van der Waals surface area contributed by atoms with Crippen molar-refractivity contribution in [1.29, 1.82) is 0 Å². The molecule has 0 saturated carbocycles. The maximum absolute atomic E-state index is 12.5. The highest BCUT2D eigenvalue weighted by molar-refractivity contribution is 5.95. The number of benzene rings is 1. The molecule has 104 valence electrons. The maximum Gasteiger partial charge on any atom is 0.254 e. The van der Waals surface area contributed by atoms with Gasteiger partial charge in [-0.1, -0.05) is 0 Å². The lowest BCUT2D eigenvalue weighted by molar-refractivity contribution is 0.0724. The van der Waals surface area contributed by atoms with Crippen molar-refractivity contribution in [2.75, 3.05) is 18.9 Å². The lowest BCUT2D eigenvalue weighted by Gasteiger charge is -2.25. The molecule has 2 rings (SSSR count). The van der Waals surface area contributed by atoms with Crippen LogP contribution >= 0.6 is 0 Å². The summed E-state index contributed by atoms with van der Waals surface area (Å²) in [6, 6.07) is 5.73. The number of nitrogens with zero attached hydrogens (tertiary/aromatic N) is 1. The molecule has 1 heterocycles. The molecule has 0 aromatic heterocycles. The SMILES string of the molecule is Cc1cc(C(=O)N2CCCC2CCCO)ccc1N. The minimum absolute atomic E-state index is 0.0866. The number of carbonyl (C=O) groups excluding carboxylic acids is 1. The first kappa shape index (κ1) is 13.9. The van der Waals surface area contributed by atoms with E-state index in [0.29, 0.717) is 5.56 Å². The molecular weight excluding hydrogens is 240 g/mol. The predicted octanol–water partition coefficient (Wildman–Crippen LogP) is 1.95. The van der Waals surface area contributed by atoms with Crippen LogP contribution in [0.25, 0.3) is 0 Å². The molecule has 4 nitrogen and oxygen atoms in total. The van der Waals surface area contributed by atoms with Crippen LogP contribution in [0.5, 0.6) is 0 Å². The topological polar surface area (TPSA) is 66.6 Å². The molecule has 0 radical (unpaired) electrons. The third kappa shape index (κ3) is 3.07. The molecule has 0 aliphatic carbocycles. The summed E-state index contributed by atoms with van der Waals surface area (Å²) in [4.78, 5) is 14.5. The maximum atomic E-state index is 12.5. The van der Waals surface area contributed by atoms with Crippen LogP contribution in [-0.2, 0) is 0 Å². The van der Waals surface area contributed by atoms with Crippen LogP contribution < -0.4 is 5.73 Å². The lowest BCUT2D eigenvalue weighted by atomic mass is 10.1. The second-order valence-corrected chi connectivity index (χ2v) is 5.23. The first-order valence-electron chi connectivity index (χ1n) is 6.91. The minimum atomic E-state index is 0.0866. The van der Waals surface area contributed by atoms with Crippen LogP contribution in [0.2, 0.25) is 0 Å². The van der Waals surface area contributed by atoms with Crippen LogP contribution in [0, 0.1) is 6.92 Å². The molecule has 0 bridgehead atoms. The van der Waals surface area contributed by atoms with Gasteiger partial charge in [-0.25, -0.2) is 0 Å². The van der Waals surface area contributed by atoms with Gasteiger partial charge in [-0.2, -0.15) is 0 Å². The van der Waals surface area contributed by atoms with Crippen LogP contribution in [-0.4, -0.2) is 35.1 Å². The number of amides is 1. The summed E-state index contributed by atoms with van der Waals surface area (Å²) in [5.74, 6) is 0.0866. The summed E-state index contributed by atoms with van der Waals surface area (Å²) < 4.78 is 0. The highest BCUT2D eigenvalue weighted by atomic mass is 16.3. The van der Waals surface area contributed by atoms with Gasteiger partial charge in [-0.15, -0.1) is 0 Å². The molecule has 1 aliphatic rings. The number of likely N-dealkylation sites (tertiary alicyclic amines) is 1. The number of aryl methyl sites for hydroxylation is 1. The van der Waals surface area contributed by atoms with Gasteiger partial charge in [0.2, 0.25) is 0 Å². The van der Waals surface area contributed by atoms with Crippen LogP contribution in [0.1, 0.15) is 41.6 Å². The molecule has 1 aliphatic heterocycles. The second-order valence-electron chi connectivity index (χ2n) is 5.23. The zero-order valence-electron chi connectivity index (χ0n) is 11.4. The molecule has 1 fully saturated rings. The fourth-order valence-electron chi connectivity index (χ4n) is 2.70. The Kier molecular flexibility index (Phi) is 4.43. The largest absolute Gasteiger partial charge is 0.399 e. The second kappa shape index (κ2) is 6.06. The Balaban J connectivity index is 2.11. The highest BCUT2D eigenvalue weighted by Crippen LogP contribution is 2.24. The molecular formula is C15H22N2O2. The van der Waals surface area contributed by atoms with Gasteiger partial charge in [0.25, 0.3) is 5.91 Å². The van der Waals surface area contributed by atoms with Gasteiger partial charge < -0.3 is 15.7 Å². The van der Waals surface area contributed by atoms with E-state index in [1.807, 2.05) is 17.9 Å². The first-order chi connectivity index (χ1) is 9.13. The number of carbonyl (C=O) groups is 1. The van der Waals surface area contributed by atoms with E-state index >= 15 is 0 Å². The van der Waals surface area contributed by atoms with Crippen molar-refractivity contribution in [3.05, 3.63) is 29.3 Å². The molecule has 19 heavy (non-hydrogen) atoms. The Labute approximate surface area is 114 Å². The average Bonchev–Trinajstić information content (AvgIpc) is 2.87.